The number of piperidine rings is 1. The van der Waals surface area contributed by atoms with Crippen molar-refractivity contribution in [1.29, 1.82) is 0 Å². The Morgan fingerprint density at radius 2 is 1.93 bits per heavy atom. The average Bonchev–Trinajstić information content (AvgIpc) is 3.17. The molecular weight excluding hydrogens is 389 g/mol. The van der Waals surface area contributed by atoms with E-state index in [1.807, 2.05) is 29.0 Å². The van der Waals surface area contributed by atoms with Crippen LogP contribution in [-0.4, -0.2) is 61.8 Å². The van der Waals surface area contributed by atoms with Gasteiger partial charge < -0.3 is 19.4 Å². The predicted molar refractivity (Wildman–Crippen MR) is 107 cm³/mol. The summed E-state index contributed by atoms with van der Waals surface area (Å²) in [5, 5.41) is 12.0. The summed E-state index contributed by atoms with van der Waals surface area (Å²) >= 11 is 0. The molecule has 1 amide bonds. The highest BCUT2D eigenvalue weighted by molar-refractivity contribution is 5.85. The van der Waals surface area contributed by atoms with E-state index in [-0.39, 0.29) is 30.7 Å². The van der Waals surface area contributed by atoms with Gasteiger partial charge >= 0.3 is 0 Å². The molecule has 2 aromatic heterocycles. The molecule has 27 heavy (non-hydrogen) atoms. The fourth-order valence-corrected chi connectivity index (χ4v) is 3.65. The van der Waals surface area contributed by atoms with Gasteiger partial charge in [0.05, 0.1) is 19.4 Å². The molecule has 0 aromatic carbocycles. The number of nitrogens with one attached hydrogen (secondary N) is 1. The molecule has 1 aliphatic carbocycles. The molecule has 0 atom stereocenters. The lowest BCUT2D eigenvalue weighted by Crippen LogP contribution is -2.42. The summed E-state index contributed by atoms with van der Waals surface area (Å²) in [6.07, 6.45) is 9.91. The first-order valence-corrected chi connectivity index (χ1v) is 9.08. The van der Waals surface area contributed by atoms with Crippen LogP contribution in [0.5, 0.6) is 0 Å². The summed E-state index contributed by atoms with van der Waals surface area (Å²) in [5.41, 5.74) is 0. The molecule has 2 aliphatic rings. The van der Waals surface area contributed by atoms with Gasteiger partial charge in [0.15, 0.2) is 5.82 Å². The summed E-state index contributed by atoms with van der Waals surface area (Å²) < 4.78 is 4.39. The second-order valence-corrected chi connectivity index (χ2v) is 7.00. The van der Waals surface area contributed by atoms with Crippen molar-refractivity contribution >= 4 is 30.7 Å². The first kappa shape index (κ1) is 21.7. The number of imidazole rings is 1. The normalized spacial score (nSPS) is 17.3. The largest absolute Gasteiger partial charge is 0.342 e. The summed E-state index contributed by atoms with van der Waals surface area (Å²) in [6.45, 7) is 2.74. The number of hydrogen-bond donors (Lipinski definition) is 1. The molecule has 2 aromatic rings. The highest BCUT2D eigenvalue weighted by atomic mass is 35.5. The van der Waals surface area contributed by atoms with E-state index in [2.05, 4.69) is 25.1 Å². The molecule has 1 aliphatic heterocycles. The van der Waals surface area contributed by atoms with Gasteiger partial charge in [-0.2, -0.15) is 0 Å². The molecule has 4 rings (SSSR count). The second kappa shape index (κ2) is 9.52. The fourth-order valence-electron chi connectivity index (χ4n) is 3.65. The van der Waals surface area contributed by atoms with Crippen LogP contribution < -0.4 is 5.32 Å². The quantitative estimate of drug-likeness (QED) is 0.774. The topological polar surface area (TPSA) is 80.9 Å². The highest BCUT2D eigenvalue weighted by Gasteiger charge is 2.34. The fraction of sp³-hybridized carbons (Fsp3) is 0.647. The Labute approximate surface area is 171 Å². The van der Waals surface area contributed by atoms with Crippen LogP contribution in [0.15, 0.2) is 18.7 Å². The molecule has 1 N–H and O–H groups in total. The average molecular weight is 416 g/mol. The molecule has 150 valence electrons. The zero-order chi connectivity index (χ0) is 17.2. The molecule has 0 spiro atoms. The Morgan fingerprint density at radius 3 is 2.52 bits per heavy atom. The first-order chi connectivity index (χ1) is 12.3. The van der Waals surface area contributed by atoms with Crippen molar-refractivity contribution < 1.29 is 4.79 Å². The SMILES string of the molecule is CNCC(=O)N1CCC(c2nnc(Cn3ccnc3)n2C2CC2)CC1.Cl.Cl. The smallest absolute Gasteiger partial charge is 0.236 e. The Bertz CT molecular complexity index is 722. The lowest BCUT2D eigenvalue weighted by atomic mass is 9.95. The number of likely N-dealkylation sites (N-methyl/N-ethyl adjacent to an activating group) is 1. The lowest BCUT2D eigenvalue weighted by Gasteiger charge is -2.31. The zero-order valence-electron chi connectivity index (χ0n) is 15.5. The van der Waals surface area contributed by atoms with E-state index in [1.165, 1.54) is 12.8 Å². The first-order valence-electron chi connectivity index (χ1n) is 9.08. The molecule has 1 saturated heterocycles. The van der Waals surface area contributed by atoms with Crippen LogP contribution in [0.25, 0.3) is 0 Å². The maximum atomic E-state index is 12.0. The van der Waals surface area contributed by atoms with E-state index in [9.17, 15) is 4.79 Å². The van der Waals surface area contributed by atoms with Crippen molar-refractivity contribution in [3.05, 3.63) is 30.4 Å². The Morgan fingerprint density at radius 1 is 1.19 bits per heavy atom. The minimum Gasteiger partial charge on any atom is -0.342 e. The lowest BCUT2D eigenvalue weighted by molar-refractivity contribution is -0.131. The Kier molecular flexibility index (Phi) is 7.64. The molecule has 2 fully saturated rings. The third-order valence-corrected chi connectivity index (χ3v) is 5.13. The summed E-state index contributed by atoms with van der Waals surface area (Å²) in [7, 11) is 1.81. The molecule has 0 bridgehead atoms. The van der Waals surface area contributed by atoms with Crippen molar-refractivity contribution in [1.82, 2.24) is 34.5 Å². The number of nitrogens with zero attached hydrogens (tertiary/aromatic N) is 6. The molecule has 10 heteroatoms. The maximum absolute atomic E-state index is 12.0. The minimum atomic E-state index is 0. The van der Waals surface area contributed by atoms with Gasteiger partial charge in [0.1, 0.15) is 5.82 Å². The molecule has 8 nitrogen and oxygen atoms in total. The molecule has 0 radical (unpaired) electrons. The van der Waals surface area contributed by atoms with E-state index in [0.717, 1.165) is 37.6 Å². The van der Waals surface area contributed by atoms with Crippen LogP contribution in [0.3, 0.4) is 0 Å². The van der Waals surface area contributed by atoms with Gasteiger partial charge in [-0.3, -0.25) is 4.79 Å². The second-order valence-electron chi connectivity index (χ2n) is 7.00. The van der Waals surface area contributed by atoms with E-state index >= 15 is 0 Å². The van der Waals surface area contributed by atoms with Crippen LogP contribution in [0, 0.1) is 0 Å². The number of rotatable bonds is 6. The number of carbonyl (C=O) groups is 1. The predicted octanol–water partition coefficient (Wildman–Crippen LogP) is 1.63. The van der Waals surface area contributed by atoms with Crippen molar-refractivity contribution in [2.75, 3.05) is 26.7 Å². The van der Waals surface area contributed by atoms with Crippen molar-refractivity contribution in [2.24, 2.45) is 0 Å². The highest BCUT2D eigenvalue weighted by Crippen LogP contribution is 2.39. The van der Waals surface area contributed by atoms with Crippen LogP contribution in [-0.2, 0) is 11.3 Å². The van der Waals surface area contributed by atoms with E-state index < -0.39 is 0 Å². The van der Waals surface area contributed by atoms with Gasteiger partial charge in [-0.25, -0.2) is 4.98 Å². The van der Waals surface area contributed by atoms with E-state index in [0.29, 0.717) is 25.0 Å². The number of aromatic nitrogens is 5. The number of carbonyl (C=O) groups excluding carboxylic acids is 1. The molecular formula is C17H27Cl2N7O. The number of hydrogen-bond acceptors (Lipinski definition) is 5. The summed E-state index contributed by atoms with van der Waals surface area (Å²) in [4.78, 5) is 18.1. The minimum absolute atomic E-state index is 0. The number of halogens is 2. The number of likely N-dealkylation sites (tertiary alicyclic amines) is 1. The van der Waals surface area contributed by atoms with E-state index in [1.54, 1.807) is 6.20 Å². The van der Waals surface area contributed by atoms with Crippen LogP contribution in [0.4, 0.5) is 0 Å². The van der Waals surface area contributed by atoms with Crippen molar-refractivity contribution in [2.45, 2.75) is 44.2 Å². The summed E-state index contributed by atoms with van der Waals surface area (Å²) in [6, 6.07) is 0.549. The molecule has 3 heterocycles. The van der Waals surface area contributed by atoms with Gasteiger partial charge in [0, 0.05) is 37.4 Å². The standard InChI is InChI=1S/C17H25N7O.2ClH/c1-18-10-16(25)23-7-4-13(5-8-23)17-21-20-15(24(17)14-2-3-14)11-22-9-6-19-12-22;;/h6,9,12-14,18H,2-5,7-8,10-11H2,1H3;2*1H. The van der Waals surface area contributed by atoms with Crippen molar-refractivity contribution in [3.63, 3.8) is 0 Å². The monoisotopic (exact) mass is 415 g/mol. The zero-order valence-corrected chi connectivity index (χ0v) is 17.1. The maximum Gasteiger partial charge on any atom is 0.236 e. The van der Waals surface area contributed by atoms with Crippen molar-refractivity contribution in [3.8, 4) is 0 Å². The summed E-state index contributed by atoms with van der Waals surface area (Å²) in [5.74, 6) is 2.70. The van der Waals surface area contributed by atoms with Gasteiger partial charge in [0.2, 0.25) is 5.91 Å². The van der Waals surface area contributed by atoms with Gasteiger partial charge in [-0.05, 0) is 32.7 Å². The molecule has 1 saturated carbocycles. The number of amides is 1. The molecule has 0 unspecified atom stereocenters. The Hall–Kier alpha value is -1.64. The Balaban J connectivity index is 0.00000131. The third-order valence-electron chi connectivity index (χ3n) is 5.13. The van der Waals surface area contributed by atoms with Crippen LogP contribution in [0.2, 0.25) is 0 Å². The third kappa shape index (κ3) is 4.80. The van der Waals surface area contributed by atoms with Gasteiger partial charge in [0.25, 0.3) is 0 Å². The van der Waals surface area contributed by atoms with Gasteiger partial charge in [-0.1, -0.05) is 0 Å². The van der Waals surface area contributed by atoms with Crippen LogP contribution >= 0.6 is 24.8 Å². The van der Waals surface area contributed by atoms with Gasteiger partial charge in [-0.15, -0.1) is 35.0 Å². The van der Waals surface area contributed by atoms with E-state index in [4.69, 9.17) is 0 Å². The van der Waals surface area contributed by atoms with Crippen LogP contribution in [0.1, 0.15) is 49.3 Å².